The second kappa shape index (κ2) is 67.1. The summed E-state index contributed by atoms with van der Waals surface area (Å²) in [6.07, 6.45) is 94.7. The van der Waals surface area contributed by atoms with Gasteiger partial charge in [0.25, 0.3) is 0 Å². The molecular formula is C74H122O6. The number of esters is 3. The van der Waals surface area contributed by atoms with E-state index in [1.54, 1.807) is 0 Å². The summed E-state index contributed by atoms with van der Waals surface area (Å²) in [4.78, 5) is 38.2. The van der Waals surface area contributed by atoms with Crippen molar-refractivity contribution < 1.29 is 28.6 Å². The van der Waals surface area contributed by atoms with Crippen LogP contribution in [0.3, 0.4) is 0 Å². The number of hydrogen-bond donors (Lipinski definition) is 0. The maximum Gasteiger partial charge on any atom is 0.306 e. The van der Waals surface area contributed by atoms with Gasteiger partial charge in [-0.1, -0.05) is 296 Å². The average Bonchev–Trinajstić information content (AvgIpc) is 3.46. The van der Waals surface area contributed by atoms with Crippen molar-refractivity contribution in [3.63, 3.8) is 0 Å². The van der Waals surface area contributed by atoms with Gasteiger partial charge in [-0.2, -0.15) is 0 Å². The highest BCUT2D eigenvalue weighted by atomic mass is 16.6. The Morgan fingerprint density at radius 3 is 0.775 bits per heavy atom. The van der Waals surface area contributed by atoms with Gasteiger partial charge in [0.1, 0.15) is 13.2 Å². The second-order valence-electron chi connectivity index (χ2n) is 21.6. The minimum atomic E-state index is -0.793. The van der Waals surface area contributed by atoms with E-state index in [1.807, 2.05) is 0 Å². The summed E-state index contributed by atoms with van der Waals surface area (Å²) in [6.45, 7) is 6.39. The van der Waals surface area contributed by atoms with Crippen molar-refractivity contribution in [2.45, 2.75) is 303 Å². The first kappa shape index (κ1) is 75.5. The molecule has 0 aromatic rings. The lowest BCUT2D eigenvalue weighted by Crippen LogP contribution is -2.30. The monoisotopic (exact) mass is 1110 g/mol. The minimum Gasteiger partial charge on any atom is -0.462 e. The Labute approximate surface area is 494 Å². The van der Waals surface area contributed by atoms with E-state index in [0.717, 1.165) is 141 Å². The summed E-state index contributed by atoms with van der Waals surface area (Å²) in [5.41, 5.74) is 0. The van der Waals surface area contributed by atoms with Crippen molar-refractivity contribution in [3.8, 4) is 0 Å². The molecule has 0 fully saturated rings. The molecule has 0 aromatic heterocycles. The van der Waals surface area contributed by atoms with E-state index in [0.29, 0.717) is 19.3 Å². The summed E-state index contributed by atoms with van der Waals surface area (Å²) in [7, 11) is 0. The lowest BCUT2D eigenvalue weighted by Gasteiger charge is -2.18. The molecule has 0 aromatic carbocycles. The van der Waals surface area contributed by atoms with Crippen LogP contribution < -0.4 is 0 Å². The van der Waals surface area contributed by atoms with Gasteiger partial charge in [0, 0.05) is 19.3 Å². The van der Waals surface area contributed by atoms with Gasteiger partial charge in [0.2, 0.25) is 0 Å². The molecule has 0 heterocycles. The lowest BCUT2D eigenvalue weighted by molar-refractivity contribution is -0.167. The highest BCUT2D eigenvalue weighted by Gasteiger charge is 2.19. The van der Waals surface area contributed by atoms with Gasteiger partial charge in [-0.15, -0.1) is 0 Å². The first-order valence-corrected chi connectivity index (χ1v) is 33.2. The van der Waals surface area contributed by atoms with E-state index in [4.69, 9.17) is 14.2 Å². The van der Waals surface area contributed by atoms with Crippen LogP contribution in [0.1, 0.15) is 297 Å². The van der Waals surface area contributed by atoms with Crippen LogP contribution in [0.5, 0.6) is 0 Å². The summed E-state index contributed by atoms with van der Waals surface area (Å²) in [6, 6.07) is 0. The van der Waals surface area contributed by atoms with Gasteiger partial charge < -0.3 is 14.2 Å². The van der Waals surface area contributed by atoms with Gasteiger partial charge in [0.05, 0.1) is 0 Å². The molecule has 0 saturated heterocycles. The van der Waals surface area contributed by atoms with Gasteiger partial charge in [-0.05, 0) is 116 Å². The van der Waals surface area contributed by atoms with E-state index in [1.165, 1.54) is 116 Å². The number of carbonyl (C=O) groups is 3. The highest BCUT2D eigenvalue weighted by Crippen LogP contribution is 2.16. The van der Waals surface area contributed by atoms with Crippen molar-refractivity contribution in [1.29, 1.82) is 0 Å². The van der Waals surface area contributed by atoms with Crippen LogP contribution in [0.15, 0.2) is 134 Å². The summed E-state index contributed by atoms with van der Waals surface area (Å²) in [5, 5.41) is 0. The Bertz CT molecular complexity index is 1700. The first-order chi connectivity index (χ1) is 39.5. The maximum absolute atomic E-state index is 12.9. The minimum absolute atomic E-state index is 0.0898. The van der Waals surface area contributed by atoms with Crippen LogP contribution in [0.25, 0.3) is 0 Å². The Morgan fingerprint density at radius 2 is 0.487 bits per heavy atom. The molecular weight excluding hydrogens is 985 g/mol. The van der Waals surface area contributed by atoms with E-state index in [-0.39, 0.29) is 31.1 Å². The third-order valence-electron chi connectivity index (χ3n) is 13.9. The molecule has 0 rings (SSSR count). The Kier molecular flexibility index (Phi) is 63.3. The topological polar surface area (TPSA) is 78.9 Å². The molecule has 454 valence electrons. The van der Waals surface area contributed by atoms with E-state index in [9.17, 15) is 14.4 Å². The fourth-order valence-corrected chi connectivity index (χ4v) is 9.00. The molecule has 0 radical (unpaired) electrons. The van der Waals surface area contributed by atoms with Crippen LogP contribution in [0.2, 0.25) is 0 Å². The fourth-order valence-electron chi connectivity index (χ4n) is 9.00. The molecule has 0 saturated carbocycles. The van der Waals surface area contributed by atoms with Gasteiger partial charge >= 0.3 is 17.9 Å². The number of allylic oxidation sites excluding steroid dienone is 22. The zero-order valence-electron chi connectivity index (χ0n) is 52.0. The van der Waals surface area contributed by atoms with Crippen molar-refractivity contribution >= 4 is 17.9 Å². The molecule has 1 unspecified atom stereocenters. The van der Waals surface area contributed by atoms with Crippen LogP contribution in [0, 0.1) is 0 Å². The van der Waals surface area contributed by atoms with Crippen LogP contribution in [-0.4, -0.2) is 37.2 Å². The quantitative estimate of drug-likeness (QED) is 0.0261. The molecule has 6 heteroatoms. The average molecular weight is 1110 g/mol. The predicted octanol–water partition coefficient (Wildman–Crippen LogP) is 22.9. The van der Waals surface area contributed by atoms with Crippen LogP contribution in [-0.2, 0) is 28.6 Å². The van der Waals surface area contributed by atoms with E-state index >= 15 is 0 Å². The molecule has 0 bridgehead atoms. The maximum atomic E-state index is 12.9. The SMILES string of the molecule is CC/C=C\C/C=C\C/C=C\C/C=C\C/C=C\C/C=C\C/C=C\C/C=C\CCCCCCCCCCCCC(=O)OCC(COC(=O)CCCCC/C=C\C/C=C\C/C=C\CC)OC(=O)CCCCCCCCCCCCCCCC. The van der Waals surface area contributed by atoms with Crippen LogP contribution >= 0.6 is 0 Å². The molecule has 0 aliphatic heterocycles. The molecule has 0 aliphatic rings. The van der Waals surface area contributed by atoms with Crippen molar-refractivity contribution in [3.05, 3.63) is 134 Å². The smallest absolute Gasteiger partial charge is 0.306 e. The number of ether oxygens (including phenoxy) is 3. The fraction of sp³-hybridized carbons (Fsp3) is 0.662. The normalized spacial score (nSPS) is 13.0. The zero-order valence-corrected chi connectivity index (χ0v) is 52.0. The molecule has 6 nitrogen and oxygen atoms in total. The number of hydrogen-bond acceptors (Lipinski definition) is 6. The standard InChI is InChI=1S/C74H122O6/c1-4-7-10-13-16-19-22-25-27-28-29-30-31-32-33-34-35-36-37-38-39-40-41-42-43-44-45-46-47-50-52-55-58-61-64-67-73(76)79-70-71(69-78-72(75)66-63-60-57-54-51-48-24-21-18-15-12-9-6-3)80-74(77)68-65-62-59-56-53-49-26-23-20-17-14-11-8-5-2/h7,9-10,12,16,18-19,21,25,27,29-30,32-33,35-36,38-39,41-42,48,51,71H,4-6,8,11,13-15,17,20,22-24,26,28,31,34,37,40,43-47,49-50,52-70H2,1-3H3/b10-7-,12-9-,19-16-,21-18-,27-25-,30-29-,33-32-,36-35-,39-38-,42-41-,51-48-. The van der Waals surface area contributed by atoms with Crippen LogP contribution in [0.4, 0.5) is 0 Å². The summed E-state index contributed by atoms with van der Waals surface area (Å²) in [5.74, 6) is -0.918. The Morgan fingerprint density at radius 1 is 0.263 bits per heavy atom. The Hall–Kier alpha value is -4.45. The molecule has 0 spiro atoms. The molecule has 0 amide bonds. The van der Waals surface area contributed by atoms with E-state index in [2.05, 4.69) is 154 Å². The van der Waals surface area contributed by atoms with Crippen molar-refractivity contribution in [1.82, 2.24) is 0 Å². The first-order valence-electron chi connectivity index (χ1n) is 33.2. The molecule has 80 heavy (non-hydrogen) atoms. The molecule has 0 N–H and O–H groups in total. The number of rotatable bonds is 59. The van der Waals surface area contributed by atoms with Crippen molar-refractivity contribution in [2.24, 2.45) is 0 Å². The third kappa shape index (κ3) is 64.4. The van der Waals surface area contributed by atoms with Gasteiger partial charge in [0.15, 0.2) is 6.10 Å². The Balaban J connectivity index is 4.22. The molecule has 1 atom stereocenters. The zero-order chi connectivity index (χ0) is 57.8. The largest absolute Gasteiger partial charge is 0.462 e. The predicted molar refractivity (Wildman–Crippen MR) is 348 cm³/mol. The van der Waals surface area contributed by atoms with E-state index < -0.39 is 6.10 Å². The second-order valence-corrected chi connectivity index (χ2v) is 21.6. The summed E-state index contributed by atoms with van der Waals surface area (Å²) >= 11 is 0. The summed E-state index contributed by atoms with van der Waals surface area (Å²) < 4.78 is 16.9. The molecule has 0 aliphatic carbocycles. The van der Waals surface area contributed by atoms with Gasteiger partial charge in [-0.25, -0.2) is 0 Å². The highest BCUT2D eigenvalue weighted by molar-refractivity contribution is 5.71. The van der Waals surface area contributed by atoms with Gasteiger partial charge in [-0.3, -0.25) is 14.4 Å². The third-order valence-corrected chi connectivity index (χ3v) is 13.9. The lowest BCUT2D eigenvalue weighted by atomic mass is 10.0. The number of unbranched alkanes of at least 4 members (excludes halogenated alkanes) is 26. The van der Waals surface area contributed by atoms with Crippen molar-refractivity contribution in [2.75, 3.05) is 13.2 Å². The number of carbonyl (C=O) groups excluding carboxylic acids is 3.